The molecule has 1 aliphatic carbocycles. The van der Waals surface area contributed by atoms with E-state index >= 15 is 0 Å². The number of anilines is 2. The number of urea groups is 1. The van der Waals surface area contributed by atoms with Crippen LogP contribution in [0.2, 0.25) is 0 Å². The lowest BCUT2D eigenvalue weighted by molar-refractivity contribution is -0.135. The number of hydrogen-bond donors (Lipinski definition) is 3. The van der Waals surface area contributed by atoms with Gasteiger partial charge in [0, 0.05) is 30.6 Å². The SMILES string of the molecule is CCN(C(=O)NCCCCN(C)C)C(=O)[C@@H]1C[C@@H]2Cc3c(sc(N)c3N)C[C@H]2N(C)C1. The molecule has 31 heavy (non-hydrogen) atoms. The van der Waals surface area contributed by atoms with Crippen LogP contribution in [-0.2, 0) is 17.6 Å². The third-order valence-corrected chi connectivity index (χ3v) is 7.81. The normalized spacial score (nSPS) is 23.3. The maximum atomic E-state index is 13.3. The Kier molecular flexibility index (Phi) is 7.82. The highest BCUT2D eigenvalue weighted by molar-refractivity contribution is 7.16. The van der Waals surface area contributed by atoms with Gasteiger partial charge in [-0.15, -0.1) is 11.3 Å². The quantitative estimate of drug-likeness (QED) is 0.547. The van der Waals surface area contributed by atoms with Crippen molar-refractivity contribution in [1.82, 2.24) is 20.0 Å². The first kappa shape index (κ1) is 23.8. The molecule has 3 rings (SSSR count). The van der Waals surface area contributed by atoms with Gasteiger partial charge in [0.05, 0.1) is 11.6 Å². The first-order valence-corrected chi connectivity index (χ1v) is 12.1. The topological polar surface area (TPSA) is 108 Å². The second-order valence-electron chi connectivity index (χ2n) is 9.21. The molecule has 3 amide bonds. The molecule has 8 nitrogen and oxygen atoms in total. The lowest BCUT2D eigenvalue weighted by atomic mass is 9.74. The molecule has 1 aromatic heterocycles. The van der Waals surface area contributed by atoms with Gasteiger partial charge in [0.2, 0.25) is 5.91 Å². The van der Waals surface area contributed by atoms with Crippen LogP contribution >= 0.6 is 11.3 Å². The number of imide groups is 1. The minimum atomic E-state index is -0.275. The van der Waals surface area contributed by atoms with Gasteiger partial charge in [-0.25, -0.2) is 4.79 Å². The number of likely N-dealkylation sites (tertiary alicyclic amines) is 1. The predicted molar refractivity (Wildman–Crippen MR) is 127 cm³/mol. The van der Waals surface area contributed by atoms with Crippen LogP contribution in [0.5, 0.6) is 0 Å². The second kappa shape index (κ2) is 10.2. The Morgan fingerprint density at radius 1 is 1.23 bits per heavy atom. The number of thiophene rings is 1. The van der Waals surface area contributed by atoms with Crippen molar-refractivity contribution in [2.45, 2.75) is 45.1 Å². The first-order valence-electron chi connectivity index (χ1n) is 11.3. The molecule has 3 atom stereocenters. The van der Waals surface area contributed by atoms with E-state index in [0.717, 1.165) is 44.3 Å². The Labute approximate surface area is 189 Å². The highest BCUT2D eigenvalue weighted by Crippen LogP contribution is 2.44. The summed E-state index contributed by atoms with van der Waals surface area (Å²) in [6, 6.07) is 0.123. The van der Waals surface area contributed by atoms with Crippen molar-refractivity contribution in [2.24, 2.45) is 11.8 Å². The van der Waals surface area contributed by atoms with Crippen LogP contribution in [0.25, 0.3) is 0 Å². The van der Waals surface area contributed by atoms with Gasteiger partial charge in [0.25, 0.3) is 0 Å². The third kappa shape index (κ3) is 5.32. The molecule has 2 aliphatic rings. The van der Waals surface area contributed by atoms with E-state index in [4.69, 9.17) is 11.5 Å². The number of rotatable bonds is 7. The molecule has 174 valence electrons. The van der Waals surface area contributed by atoms with E-state index in [1.165, 1.54) is 15.3 Å². The van der Waals surface area contributed by atoms with Gasteiger partial charge in [0.1, 0.15) is 5.00 Å². The number of carbonyl (C=O) groups excluding carboxylic acids is 2. The molecule has 9 heteroatoms. The van der Waals surface area contributed by atoms with E-state index in [9.17, 15) is 9.59 Å². The number of fused-ring (bicyclic) bond motifs is 2. The minimum absolute atomic E-state index is 0.0674. The number of piperidine rings is 1. The van der Waals surface area contributed by atoms with Gasteiger partial charge in [0.15, 0.2) is 0 Å². The lowest BCUT2D eigenvalue weighted by Crippen LogP contribution is -2.55. The van der Waals surface area contributed by atoms with E-state index < -0.39 is 0 Å². The zero-order valence-electron chi connectivity index (χ0n) is 19.3. The molecule has 1 fully saturated rings. The summed E-state index contributed by atoms with van der Waals surface area (Å²) in [5.74, 6) is 0.107. The van der Waals surface area contributed by atoms with E-state index in [2.05, 4.69) is 22.2 Å². The van der Waals surface area contributed by atoms with E-state index in [0.29, 0.717) is 36.6 Å². The lowest BCUT2D eigenvalue weighted by Gasteiger charge is -2.45. The smallest absolute Gasteiger partial charge is 0.324 e. The van der Waals surface area contributed by atoms with Crippen LogP contribution in [0.1, 0.15) is 36.6 Å². The monoisotopic (exact) mass is 450 g/mol. The summed E-state index contributed by atoms with van der Waals surface area (Å²) in [5.41, 5.74) is 14.2. The fraction of sp³-hybridized carbons (Fsp3) is 0.727. The van der Waals surface area contributed by atoms with E-state index in [1.807, 2.05) is 21.0 Å². The minimum Gasteiger partial charge on any atom is -0.396 e. The van der Waals surface area contributed by atoms with Gasteiger partial charge in [-0.2, -0.15) is 0 Å². The molecule has 5 N–H and O–H groups in total. The van der Waals surface area contributed by atoms with Crippen molar-refractivity contribution >= 4 is 34.0 Å². The first-order chi connectivity index (χ1) is 14.7. The van der Waals surface area contributed by atoms with Gasteiger partial charge in [-0.05, 0) is 78.2 Å². The molecule has 0 spiro atoms. The highest BCUT2D eigenvalue weighted by atomic mass is 32.1. The van der Waals surface area contributed by atoms with Crippen molar-refractivity contribution in [1.29, 1.82) is 0 Å². The Hall–Kier alpha value is -1.84. The molecule has 2 heterocycles. The number of nitrogen functional groups attached to an aromatic ring is 2. The summed E-state index contributed by atoms with van der Waals surface area (Å²) in [7, 11) is 6.16. The molecular formula is C22H38N6O2S. The molecular weight excluding hydrogens is 412 g/mol. The Bertz CT molecular complexity index is 795. The molecule has 0 unspecified atom stereocenters. The maximum Gasteiger partial charge on any atom is 0.324 e. The molecule has 1 saturated heterocycles. The standard InChI is InChI=1S/C22H38N6O2S/c1-5-28(22(30)25-8-6-7-9-26(2)3)21(29)15-10-14-11-16-18(31-20(24)19(16)23)12-17(14)27(4)13-15/h14-15,17H,5-13,23-24H2,1-4H3,(H,25,30)/t14-,15-,17-/m1/s1. The van der Waals surface area contributed by atoms with Crippen molar-refractivity contribution in [3.05, 3.63) is 10.4 Å². The average molecular weight is 451 g/mol. The summed E-state index contributed by atoms with van der Waals surface area (Å²) >= 11 is 1.60. The predicted octanol–water partition coefficient (Wildman–Crippen LogP) is 1.85. The fourth-order valence-electron chi connectivity index (χ4n) is 5.01. The van der Waals surface area contributed by atoms with Crippen LogP contribution in [0.4, 0.5) is 15.5 Å². The number of amides is 3. The van der Waals surface area contributed by atoms with Crippen LogP contribution in [0, 0.1) is 11.8 Å². The average Bonchev–Trinajstić information content (AvgIpc) is 2.99. The van der Waals surface area contributed by atoms with Crippen molar-refractivity contribution < 1.29 is 9.59 Å². The van der Waals surface area contributed by atoms with Crippen molar-refractivity contribution in [3.63, 3.8) is 0 Å². The van der Waals surface area contributed by atoms with Crippen LogP contribution < -0.4 is 16.8 Å². The van der Waals surface area contributed by atoms with Crippen LogP contribution in [0.3, 0.4) is 0 Å². The summed E-state index contributed by atoms with van der Waals surface area (Å²) in [5, 5.41) is 3.63. The Morgan fingerprint density at radius 2 is 1.97 bits per heavy atom. The number of nitrogens with two attached hydrogens (primary N) is 2. The molecule has 1 aliphatic heterocycles. The summed E-state index contributed by atoms with van der Waals surface area (Å²) < 4.78 is 0. The molecule has 0 bridgehead atoms. The van der Waals surface area contributed by atoms with Crippen LogP contribution in [-0.4, -0.2) is 80.0 Å². The molecule has 0 radical (unpaired) electrons. The second-order valence-corrected chi connectivity index (χ2v) is 10.4. The molecule has 1 aromatic rings. The van der Waals surface area contributed by atoms with Gasteiger partial charge in [-0.1, -0.05) is 0 Å². The highest BCUT2D eigenvalue weighted by Gasteiger charge is 2.42. The van der Waals surface area contributed by atoms with Crippen molar-refractivity contribution in [3.8, 4) is 0 Å². The number of carbonyl (C=O) groups is 2. The fourth-order valence-corrected chi connectivity index (χ4v) is 6.08. The van der Waals surface area contributed by atoms with Gasteiger partial charge in [-0.3, -0.25) is 9.69 Å². The van der Waals surface area contributed by atoms with E-state index in [-0.39, 0.29) is 17.9 Å². The maximum absolute atomic E-state index is 13.3. The Morgan fingerprint density at radius 3 is 2.65 bits per heavy atom. The summed E-state index contributed by atoms with van der Waals surface area (Å²) in [6.07, 6.45) is 4.50. The summed E-state index contributed by atoms with van der Waals surface area (Å²) in [4.78, 5) is 33.0. The van der Waals surface area contributed by atoms with Gasteiger partial charge < -0.3 is 26.6 Å². The number of nitrogens with one attached hydrogen (secondary N) is 1. The molecule has 0 aromatic carbocycles. The number of nitrogens with zero attached hydrogens (tertiary/aromatic N) is 3. The Balaban J connectivity index is 1.59. The number of hydrogen-bond acceptors (Lipinski definition) is 7. The number of likely N-dealkylation sites (N-methyl/N-ethyl adjacent to an activating group) is 1. The third-order valence-electron chi connectivity index (χ3n) is 6.71. The van der Waals surface area contributed by atoms with Gasteiger partial charge >= 0.3 is 6.03 Å². The van der Waals surface area contributed by atoms with Crippen molar-refractivity contribution in [2.75, 3.05) is 58.8 Å². The zero-order chi connectivity index (χ0) is 22.7. The largest absolute Gasteiger partial charge is 0.396 e. The molecule has 0 saturated carbocycles. The summed E-state index contributed by atoms with van der Waals surface area (Å²) in [6.45, 7) is 4.51. The van der Waals surface area contributed by atoms with Crippen LogP contribution in [0.15, 0.2) is 0 Å². The number of unbranched alkanes of at least 4 members (excludes halogenated alkanes) is 1. The van der Waals surface area contributed by atoms with E-state index in [1.54, 1.807) is 11.3 Å². The zero-order valence-corrected chi connectivity index (χ0v) is 20.1.